The van der Waals surface area contributed by atoms with Crippen molar-refractivity contribution in [1.29, 1.82) is 0 Å². The van der Waals surface area contributed by atoms with E-state index in [1.165, 1.54) is 0 Å². The van der Waals surface area contributed by atoms with Gasteiger partial charge < -0.3 is 11.1 Å². The number of nitrogens with two attached hydrogens (primary N) is 1. The molecule has 0 atom stereocenters. The molecule has 18 heavy (non-hydrogen) atoms. The zero-order valence-electron chi connectivity index (χ0n) is 10.4. The Morgan fingerprint density at radius 1 is 1.33 bits per heavy atom. The average Bonchev–Trinajstić information content (AvgIpc) is 2.36. The van der Waals surface area contributed by atoms with E-state index < -0.39 is 0 Å². The fourth-order valence-corrected chi connectivity index (χ4v) is 1.78. The molecule has 0 saturated carbocycles. The number of hydrogen-bond donors (Lipinski definition) is 2. The fraction of sp³-hybridized carbons (Fsp3) is 0.286. The first-order chi connectivity index (χ1) is 8.69. The van der Waals surface area contributed by atoms with E-state index in [0.29, 0.717) is 13.0 Å². The lowest BCUT2D eigenvalue weighted by Gasteiger charge is -2.05. The third kappa shape index (κ3) is 2.97. The molecular weight excluding hydrogens is 226 g/mol. The molecule has 2 aromatic rings. The molecule has 0 aliphatic rings. The molecule has 4 nitrogen and oxygen atoms in total. The van der Waals surface area contributed by atoms with Gasteiger partial charge in [0.05, 0.1) is 17.6 Å². The van der Waals surface area contributed by atoms with Crippen LogP contribution in [0.3, 0.4) is 0 Å². The Morgan fingerprint density at radius 2 is 2.17 bits per heavy atom. The van der Waals surface area contributed by atoms with Crippen molar-refractivity contribution in [2.45, 2.75) is 19.8 Å². The third-order valence-corrected chi connectivity index (χ3v) is 2.68. The molecule has 0 bridgehead atoms. The molecule has 94 valence electrons. The zero-order valence-corrected chi connectivity index (χ0v) is 10.4. The highest BCUT2D eigenvalue weighted by molar-refractivity contribution is 5.83. The second kappa shape index (κ2) is 5.49. The number of fused-ring (bicyclic) bond motifs is 1. The predicted octanol–water partition coefficient (Wildman–Crippen LogP) is 1.89. The van der Waals surface area contributed by atoms with Gasteiger partial charge in [0.2, 0.25) is 5.91 Å². The quantitative estimate of drug-likeness (QED) is 0.806. The van der Waals surface area contributed by atoms with Crippen molar-refractivity contribution in [2.75, 3.05) is 12.3 Å². The van der Waals surface area contributed by atoms with Crippen LogP contribution < -0.4 is 11.1 Å². The summed E-state index contributed by atoms with van der Waals surface area (Å²) in [6, 6.07) is 9.38. The predicted molar refractivity (Wildman–Crippen MR) is 73.2 cm³/mol. The number of hydrogen-bond acceptors (Lipinski definition) is 3. The minimum Gasteiger partial charge on any atom is -0.399 e. The Bertz CT molecular complexity index is 566. The van der Waals surface area contributed by atoms with Crippen molar-refractivity contribution in [1.82, 2.24) is 10.3 Å². The lowest BCUT2D eigenvalue weighted by Crippen LogP contribution is -2.25. The molecule has 2 rings (SSSR count). The smallest absolute Gasteiger partial charge is 0.226 e. The van der Waals surface area contributed by atoms with Crippen LogP contribution >= 0.6 is 0 Å². The Kier molecular flexibility index (Phi) is 3.77. The van der Waals surface area contributed by atoms with Gasteiger partial charge in [0, 0.05) is 17.6 Å². The largest absolute Gasteiger partial charge is 0.399 e. The summed E-state index contributed by atoms with van der Waals surface area (Å²) >= 11 is 0. The highest BCUT2D eigenvalue weighted by Gasteiger charge is 2.04. The molecule has 1 aromatic carbocycles. The van der Waals surface area contributed by atoms with E-state index in [1.807, 2.05) is 37.3 Å². The number of aromatic nitrogens is 1. The summed E-state index contributed by atoms with van der Waals surface area (Å²) in [5.41, 5.74) is 8.07. The number of rotatable bonds is 4. The maximum Gasteiger partial charge on any atom is 0.226 e. The van der Waals surface area contributed by atoms with E-state index in [0.717, 1.165) is 28.7 Å². The monoisotopic (exact) mass is 243 g/mol. The number of benzene rings is 1. The number of nitrogen functional groups attached to an aromatic ring is 1. The van der Waals surface area contributed by atoms with Crippen LogP contribution in [-0.4, -0.2) is 17.4 Å². The topological polar surface area (TPSA) is 68.0 Å². The Morgan fingerprint density at radius 3 is 2.94 bits per heavy atom. The SMILES string of the molecule is CCCNC(=O)Cc1ccc2cc(N)ccc2n1. The van der Waals surface area contributed by atoms with Crippen LogP contribution in [0, 0.1) is 0 Å². The lowest BCUT2D eigenvalue weighted by atomic mass is 10.1. The number of carbonyl (C=O) groups is 1. The van der Waals surface area contributed by atoms with E-state index >= 15 is 0 Å². The molecule has 1 amide bonds. The molecule has 4 heteroatoms. The first kappa shape index (κ1) is 12.4. The maximum atomic E-state index is 11.6. The summed E-state index contributed by atoms with van der Waals surface area (Å²) in [5, 5.41) is 3.83. The number of carbonyl (C=O) groups excluding carboxylic acids is 1. The van der Waals surface area contributed by atoms with Crippen LogP contribution in [0.5, 0.6) is 0 Å². The van der Waals surface area contributed by atoms with Gasteiger partial charge in [-0.2, -0.15) is 0 Å². The van der Waals surface area contributed by atoms with Crippen LogP contribution in [0.15, 0.2) is 30.3 Å². The van der Waals surface area contributed by atoms with Crippen molar-refractivity contribution in [3.8, 4) is 0 Å². The summed E-state index contributed by atoms with van der Waals surface area (Å²) in [6.45, 7) is 2.74. The molecule has 0 aliphatic heterocycles. The zero-order chi connectivity index (χ0) is 13.0. The van der Waals surface area contributed by atoms with Gasteiger partial charge in [0.15, 0.2) is 0 Å². The lowest BCUT2D eigenvalue weighted by molar-refractivity contribution is -0.120. The van der Waals surface area contributed by atoms with E-state index in [-0.39, 0.29) is 5.91 Å². The highest BCUT2D eigenvalue weighted by atomic mass is 16.1. The molecule has 0 unspecified atom stereocenters. The molecule has 0 radical (unpaired) electrons. The average molecular weight is 243 g/mol. The first-order valence-corrected chi connectivity index (χ1v) is 6.11. The van der Waals surface area contributed by atoms with E-state index in [2.05, 4.69) is 10.3 Å². The minimum absolute atomic E-state index is 0.0131. The minimum atomic E-state index is 0.0131. The molecule has 1 heterocycles. The summed E-state index contributed by atoms with van der Waals surface area (Å²) in [5.74, 6) is 0.0131. The van der Waals surface area contributed by atoms with Gasteiger partial charge in [-0.3, -0.25) is 9.78 Å². The van der Waals surface area contributed by atoms with Crippen LogP contribution in [0.4, 0.5) is 5.69 Å². The van der Waals surface area contributed by atoms with Gasteiger partial charge in [-0.15, -0.1) is 0 Å². The summed E-state index contributed by atoms with van der Waals surface area (Å²) < 4.78 is 0. The fourth-order valence-electron chi connectivity index (χ4n) is 1.78. The second-order valence-electron chi connectivity index (χ2n) is 4.28. The molecule has 0 spiro atoms. The Hall–Kier alpha value is -2.10. The second-order valence-corrected chi connectivity index (χ2v) is 4.28. The van der Waals surface area contributed by atoms with Gasteiger partial charge in [-0.1, -0.05) is 13.0 Å². The molecule has 0 aliphatic carbocycles. The number of nitrogens with zero attached hydrogens (tertiary/aromatic N) is 1. The summed E-state index contributed by atoms with van der Waals surface area (Å²) in [7, 11) is 0. The molecular formula is C14H17N3O. The van der Waals surface area contributed by atoms with Crippen LogP contribution in [0.2, 0.25) is 0 Å². The number of amides is 1. The van der Waals surface area contributed by atoms with E-state index in [9.17, 15) is 4.79 Å². The van der Waals surface area contributed by atoms with Crippen molar-refractivity contribution in [3.63, 3.8) is 0 Å². The van der Waals surface area contributed by atoms with Crippen molar-refractivity contribution >= 4 is 22.5 Å². The van der Waals surface area contributed by atoms with Crippen molar-refractivity contribution < 1.29 is 4.79 Å². The molecule has 3 N–H and O–H groups in total. The van der Waals surface area contributed by atoms with Crippen LogP contribution in [0.25, 0.3) is 10.9 Å². The van der Waals surface area contributed by atoms with Crippen LogP contribution in [0.1, 0.15) is 19.0 Å². The van der Waals surface area contributed by atoms with Gasteiger partial charge >= 0.3 is 0 Å². The van der Waals surface area contributed by atoms with Gasteiger partial charge in [-0.25, -0.2) is 0 Å². The van der Waals surface area contributed by atoms with Crippen LogP contribution in [-0.2, 0) is 11.2 Å². The van der Waals surface area contributed by atoms with Gasteiger partial charge in [0.1, 0.15) is 0 Å². The Balaban J connectivity index is 2.15. The Labute approximate surface area is 106 Å². The molecule has 0 fully saturated rings. The normalized spacial score (nSPS) is 10.5. The number of nitrogens with one attached hydrogen (secondary N) is 1. The number of pyridine rings is 1. The third-order valence-electron chi connectivity index (χ3n) is 2.68. The molecule has 1 aromatic heterocycles. The summed E-state index contributed by atoms with van der Waals surface area (Å²) in [6.07, 6.45) is 1.26. The standard InChI is InChI=1S/C14H17N3O/c1-2-7-16-14(18)9-12-5-3-10-8-11(15)4-6-13(10)17-12/h3-6,8H,2,7,9,15H2,1H3,(H,16,18). The molecule has 0 saturated heterocycles. The van der Waals surface area contributed by atoms with Crippen molar-refractivity contribution in [2.24, 2.45) is 0 Å². The number of anilines is 1. The van der Waals surface area contributed by atoms with Gasteiger partial charge in [-0.05, 0) is 30.7 Å². The highest BCUT2D eigenvalue weighted by Crippen LogP contribution is 2.16. The van der Waals surface area contributed by atoms with Gasteiger partial charge in [0.25, 0.3) is 0 Å². The maximum absolute atomic E-state index is 11.6. The first-order valence-electron chi connectivity index (χ1n) is 6.11. The van der Waals surface area contributed by atoms with E-state index in [4.69, 9.17) is 5.73 Å². The summed E-state index contributed by atoms with van der Waals surface area (Å²) in [4.78, 5) is 16.0. The van der Waals surface area contributed by atoms with Crippen molar-refractivity contribution in [3.05, 3.63) is 36.0 Å². The van der Waals surface area contributed by atoms with E-state index in [1.54, 1.807) is 0 Å².